The minimum atomic E-state index is -2.31. The first-order valence-corrected chi connectivity index (χ1v) is 5.94. The summed E-state index contributed by atoms with van der Waals surface area (Å²) in [6, 6.07) is 0. The maximum absolute atomic E-state index is 12.6. The van der Waals surface area contributed by atoms with Crippen LogP contribution in [0.2, 0.25) is 0 Å². The van der Waals surface area contributed by atoms with Gasteiger partial charge >= 0.3 is 0 Å². The van der Waals surface area contributed by atoms with Crippen molar-refractivity contribution < 1.29 is 8.78 Å². The Bertz CT molecular complexity index is 166. The fourth-order valence-corrected chi connectivity index (χ4v) is 2.05. The van der Waals surface area contributed by atoms with Gasteiger partial charge in [-0.15, -0.1) is 0 Å². The fraction of sp³-hybridized carbons (Fsp3) is 1.00. The Morgan fingerprint density at radius 2 is 1.93 bits per heavy atom. The lowest BCUT2D eigenvalue weighted by Gasteiger charge is -2.10. The SMILES string of the molecule is CCCCCCC(C)CC1CC1(F)F. The molecule has 0 radical (unpaired) electrons. The van der Waals surface area contributed by atoms with Crippen LogP contribution in [0.5, 0.6) is 0 Å². The molecular formula is C12H22F2. The maximum Gasteiger partial charge on any atom is 0.251 e. The third-order valence-electron chi connectivity index (χ3n) is 3.19. The van der Waals surface area contributed by atoms with Gasteiger partial charge in [0.2, 0.25) is 0 Å². The van der Waals surface area contributed by atoms with Crippen LogP contribution in [-0.2, 0) is 0 Å². The molecule has 14 heavy (non-hydrogen) atoms. The summed E-state index contributed by atoms with van der Waals surface area (Å²) in [5.41, 5.74) is 0. The van der Waals surface area contributed by atoms with Crippen molar-refractivity contribution in [1.82, 2.24) is 0 Å². The van der Waals surface area contributed by atoms with Crippen LogP contribution < -0.4 is 0 Å². The number of halogens is 2. The van der Waals surface area contributed by atoms with Crippen LogP contribution in [0.4, 0.5) is 8.78 Å². The zero-order valence-electron chi connectivity index (χ0n) is 9.36. The van der Waals surface area contributed by atoms with Crippen LogP contribution in [-0.4, -0.2) is 5.92 Å². The summed E-state index contributed by atoms with van der Waals surface area (Å²) in [6.07, 6.45) is 7.02. The van der Waals surface area contributed by atoms with Crippen LogP contribution in [0.1, 0.15) is 58.8 Å². The van der Waals surface area contributed by atoms with Crippen molar-refractivity contribution in [1.29, 1.82) is 0 Å². The largest absolute Gasteiger partial charge is 0.251 e. The van der Waals surface area contributed by atoms with Gasteiger partial charge in [0.25, 0.3) is 5.92 Å². The van der Waals surface area contributed by atoms with E-state index in [2.05, 4.69) is 13.8 Å². The van der Waals surface area contributed by atoms with E-state index >= 15 is 0 Å². The van der Waals surface area contributed by atoms with E-state index in [4.69, 9.17) is 0 Å². The topological polar surface area (TPSA) is 0 Å². The van der Waals surface area contributed by atoms with E-state index in [1.54, 1.807) is 0 Å². The second kappa shape index (κ2) is 5.09. The number of rotatable bonds is 7. The van der Waals surface area contributed by atoms with E-state index in [9.17, 15) is 8.78 Å². The molecule has 1 saturated carbocycles. The van der Waals surface area contributed by atoms with Crippen molar-refractivity contribution in [2.24, 2.45) is 11.8 Å². The van der Waals surface area contributed by atoms with Crippen LogP contribution >= 0.6 is 0 Å². The molecule has 2 atom stereocenters. The minimum absolute atomic E-state index is 0.145. The molecule has 2 heteroatoms. The molecule has 0 spiro atoms. The van der Waals surface area contributed by atoms with Crippen molar-refractivity contribution in [3.05, 3.63) is 0 Å². The summed E-state index contributed by atoms with van der Waals surface area (Å²) < 4.78 is 25.2. The average molecular weight is 204 g/mol. The molecule has 1 fully saturated rings. The van der Waals surface area contributed by atoms with Crippen LogP contribution in [0.25, 0.3) is 0 Å². The molecule has 0 aliphatic heterocycles. The van der Waals surface area contributed by atoms with E-state index < -0.39 is 5.92 Å². The van der Waals surface area contributed by atoms with E-state index in [0.29, 0.717) is 5.92 Å². The van der Waals surface area contributed by atoms with Gasteiger partial charge in [-0.25, -0.2) is 8.78 Å². The minimum Gasteiger partial charge on any atom is -0.207 e. The lowest BCUT2D eigenvalue weighted by atomic mass is 9.97. The normalized spacial score (nSPS) is 26.1. The molecule has 0 N–H and O–H groups in total. The number of hydrogen-bond acceptors (Lipinski definition) is 0. The predicted octanol–water partition coefficient (Wildman–Crippen LogP) is 4.64. The van der Waals surface area contributed by atoms with E-state index in [1.165, 1.54) is 25.7 Å². The Labute approximate surface area is 86.1 Å². The quantitative estimate of drug-likeness (QED) is 0.530. The molecule has 1 aliphatic carbocycles. The van der Waals surface area contributed by atoms with Crippen molar-refractivity contribution >= 4 is 0 Å². The summed E-state index contributed by atoms with van der Waals surface area (Å²) >= 11 is 0. The lowest BCUT2D eigenvalue weighted by molar-refractivity contribution is 0.0931. The highest BCUT2D eigenvalue weighted by molar-refractivity contribution is 4.95. The van der Waals surface area contributed by atoms with Crippen LogP contribution in [0.3, 0.4) is 0 Å². The molecule has 2 unspecified atom stereocenters. The Balaban J connectivity index is 1.97. The van der Waals surface area contributed by atoms with Gasteiger partial charge in [0, 0.05) is 12.3 Å². The fourth-order valence-electron chi connectivity index (χ4n) is 2.05. The maximum atomic E-state index is 12.6. The molecule has 0 bridgehead atoms. The predicted molar refractivity (Wildman–Crippen MR) is 55.6 cm³/mol. The van der Waals surface area contributed by atoms with Gasteiger partial charge in [0.15, 0.2) is 0 Å². The smallest absolute Gasteiger partial charge is 0.207 e. The van der Waals surface area contributed by atoms with Gasteiger partial charge in [-0.05, 0) is 12.3 Å². The Hall–Kier alpha value is -0.140. The van der Waals surface area contributed by atoms with Crippen molar-refractivity contribution in [2.75, 3.05) is 0 Å². The van der Waals surface area contributed by atoms with E-state index in [-0.39, 0.29) is 12.3 Å². The highest BCUT2D eigenvalue weighted by Crippen LogP contribution is 2.52. The first kappa shape index (κ1) is 11.9. The molecule has 0 saturated heterocycles. The summed E-state index contributed by atoms with van der Waals surface area (Å²) in [4.78, 5) is 0. The molecule has 1 aliphatic rings. The molecule has 1 rings (SSSR count). The first-order valence-electron chi connectivity index (χ1n) is 5.94. The molecule has 0 aromatic carbocycles. The van der Waals surface area contributed by atoms with Gasteiger partial charge in [-0.1, -0.05) is 46.0 Å². The lowest BCUT2D eigenvalue weighted by Crippen LogP contribution is -2.01. The molecule has 0 amide bonds. The van der Waals surface area contributed by atoms with Crippen molar-refractivity contribution in [3.63, 3.8) is 0 Å². The zero-order chi connectivity index (χ0) is 10.6. The van der Waals surface area contributed by atoms with Gasteiger partial charge in [0.05, 0.1) is 0 Å². The summed E-state index contributed by atoms with van der Waals surface area (Å²) in [6.45, 7) is 4.30. The van der Waals surface area contributed by atoms with E-state index in [0.717, 1.165) is 12.8 Å². The average Bonchev–Trinajstić information content (AvgIpc) is 2.68. The van der Waals surface area contributed by atoms with Crippen molar-refractivity contribution in [2.45, 2.75) is 64.7 Å². The number of unbranched alkanes of at least 4 members (excludes halogenated alkanes) is 3. The standard InChI is InChI=1S/C12H22F2/c1-3-4-5-6-7-10(2)8-11-9-12(11,13)14/h10-11H,3-9H2,1-2H3. The number of alkyl halides is 2. The van der Waals surface area contributed by atoms with Crippen LogP contribution in [0.15, 0.2) is 0 Å². The highest BCUT2D eigenvalue weighted by atomic mass is 19.3. The second-order valence-electron chi connectivity index (χ2n) is 4.85. The summed E-state index contributed by atoms with van der Waals surface area (Å²) in [7, 11) is 0. The molecule has 0 heterocycles. The summed E-state index contributed by atoms with van der Waals surface area (Å²) in [5, 5.41) is 0. The zero-order valence-corrected chi connectivity index (χ0v) is 9.36. The Kier molecular flexibility index (Phi) is 4.33. The molecule has 0 aromatic heterocycles. The Morgan fingerprint density at radius 3 is 2.43 bits per heavy atom. The monoisotopic (exact) mass is 204 g/mol. The van der Waals surface area contributed by atoms with Gasteiger partial charge in [-0.3, -0.25) is 0 Å². The molecular weight excluding hydrogens is 182 g/mol. The van der Waals surface area contributed by atoms with Crippen molar-refractivity contribution in [3.8, 4) is 0 Å². The number of hydrogen-bond donors (Lipinski definition) is 0. The summed E-state index contributed by atoms with van der Waals surface area (Å²) in [5.74, 6) is -2.11. The molecule has 0 nitrogen and oxygen atoms in total. The first-order chi connectivity index (χ1) is 6.56. The molecule has 84 valence electrons. The van der Waals surface area contributed by atoms with Gasteiger partial charge in [-0.2, -0.15) is 0 Å². The Morgan fingerprint density at radius 1 is 1.29 bits per heavy atom. The molecule has 0 aromatic rings. The second-order valence-corrected chi connectivity index (χ2v) is 4.85. The van der Waals surface area contributed by atoms with E-state index in [1.807, 2.05) is 0 Å². The van der Waals surface area contributed by atoms with Gasteiger partial charge < -0.3 is 0 Å². The third-order valence-corrected chi connectivity index (χ3v) is 3.19. The van der Waals surface area contributed by atoms with Gasteiger partial charge in [0.1, 0.15) is 0 Å². The van der Waals surface area contributed by atoms with Crippen LogP contribution in [0, 0.1) is 11.8 Å². The highest BCUT2D eigenvalue weighted by Gasteiger charge is 2.56. The third kappa shape index (κ3) is 3.93.